The van der Waals surface area contributed by atoms with Crippen molar-refractivity contribution in [2.45, 2.75) is 42.0 Å². The number of hydrogen-bond acceptors (Lipinski definition) is 7. The summed E-state index contributed by atoms with van der Waals surface area (Å²) in [5, 5.41) is 19.9. The van der Waals surface area contributed by atoms with Gasteiger partial charge in [0.25, 0.3) is 0 Å². The number of amides is 1. The van der Waals surface area contributed by atoms with Crippen molar-refractivity contribution in [2.24, 2.45) is 5.92 Å². The Kier molecular flexibility index (Phi) is 6.13. The largest absolute Gasteiger partial charge is 0.535 e. The van der Waals surface area contributed by atoms with Crippen LogP contribution in [0.2, 0.25) is 5.82 Å². The van der Waals surface area contributed by atoms with E-state index in [1.54, 1.807) is 0 Å². The summed E-state index contributed by atoms with van der Waals surface area (Å²) in [6.45, 7) is 3.91. The lowest BCUT2D eigenvalue weighted by atomic mass is 9.77. The molecule has 0 aromatic heterocycles. The fourth-order valence-corrected chi connectivity index (χ4v) is 6.18. The minimum absolute atomic E-state index is 0.0130. The van der Waals surface area contributed by atoms with E-state index >= 15 is 0 Å². The lowest BCUT2D eigenvalue weighted by Gasteiger charge is -2.40. The topological polar surface area (TPSA) is 99.5 Å². The molecular weight excluding hydrogens is 431 g/mol. The van der Waals surface area contributed by atoms with Gasteiger partial charge < -0.3 is 29.3 Å². The Morgan fingerprint density at radius 2 is 2.09 bits per heavy atom. The third-order valence-corrected chi connectivity index (χ3v) is 8.14. The van der Waals surface area contributed by atoms with Gasteiger partial charge in [-0.1, -0.05) is 6.07 Å². The van der Waals surface area contributed by atoms with Crippen molar-refractivity contribution in [3.05, 3.63) is 23.3 Å². The highest BCUT2D eigenvalue weighted by Gasteiger charge is 2.54. The van der Waals surface area contributed by atoms with Gasteiger partial charge in [0.15, 0.2) is 0 Å². The van der Waals surface area contributed by atoms with Gasteiger partial charge in [-0.3, -0.25) is 4.79 Å². The molecule has 172 valence electrons. The normalized spacial score (nSPS) is 27.2. The monoisotopic (exact) mass is 460 g/mol. The zero-order chi connectivity index (χ0) is 22.4. The van der Waals surface area contributed by atoms with Crippen LogP contribution >= 0.6 is 11.8 Å². The number of ether oxygens (including phenoxy) is 1. The molecule has 3 heterocycles. The van der Waals surface area contributed by atoms with Crippen LogP contribution in [0.25, 0.3) is 0 Å². The molecule has 1 amide bonds. The number of fused-ring (bicyclic) bond motifs is 3. The highest BCUT2D eigenvalue weighted by Crippen LogP contribution is 2.60. The molecule has 8 nitrogen and oxygen atoms in total. The number of morpholine rings is 1. The molecule has 3 unspecified atom stereocenters. The molecule has 0 radical (unpaired) electrons. The SMILES string of the molecule is CN1CCOC(CC(=O)N2CC(CCSc3ccc4c(c3C(=O)O)OB(O)C3CC43)C2)C1. The second kappa shape index (κ2) is 8.89. The highest BCUT2D eigenvalue weighted by atomic mass is 32.2. The number of rotatable bonds is 7. The van der Waals surface area contributed by atoms with E-state index < -0.39 is 13.1 Å². The molecule has 32 heavy (non-hydrogen) atoms. The summed E-state index contributed by atoms with van der Waals surface area (Å²) < 4.78 is 11.3. The Bertz CT molecular complexity index is 911. The zero-order valence-electron chi connectivity index (χ0n) is 18.2. The molecule has 3 fully saturated rings. The Morgan fingerprint density at radius 1 is 1.28 bits per heavy atom. The fourth-order valence-electron chi connectivity index (χ4n) is 5.02. The predicted octanol–water partition coefficient (Wildman–Crippen LogP) is 1.78. The van der Waals surface area contributed by atoms with Crippen LogP contribution in [0, 0.1) is 5.92 Å². The van der Waals surface area contributed by atoms with Crippen molar-refractivity contribution in [3.8, 4) is 5.75 Å². The van der Waals surface area contributed by atoms with Crippen molar-refractivity contribution >= 4 is 30.8 Å². The molecule has 0 spiro atoms. The molecule has 1 aliphatic carbocycles. The van der Waals surface area contributed by atoms with Gasteiger partial charge in [0.05, 0.1) is 19.1 Å². The summed E-state index contributed by atoms with van der Waals surface area (Å²) in [6.07, 6.45) is 2.19. The summed E-state index contributed by atoms with van der Waals surface area (Å²) in [6, 6.07) is 3.83. The maximum Gasteiger partial charge on any atom is 0.526 e. The molecule has 4 aliphatic rings. The Hall–Kier alpha value is -1.75. The van der Waals surface area contributed by atoms with E-state index in [1.807, 2.05) is 24.1 Å². The summed E-state index contributed by atoms with van der Waals surface area (Å²) in [7, 11) is 1.13. The Morgan fingerprint density at radius 3 is 2.84 bits per heavy atom. The molecule has 3 aliphatic heterocycles. The first-order valence-electron chi connectivity index (χ1n) is 11.4. The maximum atomic E-state index is 12.5. The van der Waals surface area contributed by atoms with Crippen molar-refractivity contribution < 1.29 is 29.1 Å². The van der Waals surface area contributed by atoms with Crippen molar-refractivity contribution in [1.82, 2.24) is 9.80 Å². The van der Waals surface area contributed by atoms with Crippen LogP contribution in [-0.2, 0) is 9.53 Å². The van der Waals surface area contributed by atoms with E-state index in [9.17, 15) is 19.7 Å². The van der Waals surface area contributed by atoms with Gasteiger partial charge in [-0.2, -0.15) is 0 Å². The van der Waals surface area contributed by atoms with Gasteiger partial charge >= 0.3 is 13.1 Å². The van der Waals surface area contributed by atoms with Crippen LogP contribution in [0.15, 0.2) is 17.0 Å². The average molecular weight is 460 g/mol. The number of carbonyl (C=O) groups excluding carboxylic acids is 1. The third-order valence-electron chi connectivity index (χ3n) is 7.05. The number of hydrogen-bond donors (Lipinski definition) is 2. The first-order chi connectivity index (χ1) is 15.4. The van der Waals surface area contributed by atoms with E-state index in [0.717, 1.165) is 50.3 Å². The van der Waals surface area contributed by atoms with Gasteiger partial charge in [-0.25, -0.2) is 4.79 Å². The van der Waals surface area contributed by atoms with Crippen LogP contribution in [-0.4, -0.2) is 90.6 Å². The standard InChI is InChI=1S/C22H29BN2O6S/c1-24-5-6-30-14(12-24)8-19(26)25-10-13(11-25)4-7-32-18-3-2-15-16-9-17(16)23(29)31-21(15)20(18)22(27)28/h2-3,13-14,16-17,29H,4-12H2,1H3,(H,27,28). The highest BCUT2D eigenvalue weighted by molar-refractivity contribution is 7.99. The van der Waals surface area contributed by atoms with Crippen LogP contribution in [0.5, 0.6) is 5.75 Å². The van der Waals surface area contributed by atoms with Gasteiger partial charge in [0, 0.05) is 36.9 Å². The molecule has 1 aromatic rings. The van der Waals surface area contributed by atoms with E-state index in [0.29, 0.717) is 29.6 Å². The van der Waals surface area contributed by atoms with E-state index in [-0.39, 0.29) is 29.3 Å². The van der Waals surface area contributed by atoms with Crippen molar-refractivity contribution in [3.63, 3.8) is 0 Å². The van der Waals surface area contributed by atoms with E-state index in [2.05, 4.69) is 4.90 Å². The van der Waals surface area contributed by atoms with Gasteiger partial charge in [-0.15, -0.1) is 11.8 Å². The molecule has 1 saturated carbocycles. The maximum absolute atomic E-state index is 12.5. The first kappa shape index (κ1) is 22.1. The number of benzene rings is 1. The van der Waals surface area contributed by atoms with Crippen LogP contribution < -0.4 is 4.65 Å². The van der Waals surface area contributed by atoms with Crippen molar-refractivity contribution in [2.75, 3.05) is 45.6 Å². The quantitative estimate of drug-likeness (QED) is 0.470. The smallest absolute Gasteiger partial charge is 0.526 e. The second-order valence-corrected chi connectivity index (χ2v) is 10.6. The number of thioether (sulfide) groups is 1. The molecule has 2 N–H and O–H groups in total. The number of likely N-dealkylation sites (N-methyl/N-ethyl adjacent to an activating group) is 1. The molecule has 2 saturated heterocycles. The molecular formula is C22H29BN2O6S. The molecule has 0 bridgehead atoms. The Labute approximate surface area is 192 Å². The number of carboxylic acid groups (broad SMARTS) is 1. The second-order valence-electron chi connectivity index (χ2n) is 9.44. The fraction of sp³-hybridized carbons (Fsp3) is 0.636. The van der Waals surface area contributed by atoms with E-state index in [1.165, 1.54) is 11.8 Å². The number of nitrogens with zero attached hydrogens (tertiary/aromatic N) is 2. The van der Waals surface area contributed by atoms with E-state index in [4.69, 9.17) is 9.39 Å². The molecule has 10 heteroatoms. The number of likely N-dealkylation sites (tertiary alicyclic amines) is 1. The number of carboxylic acids is 1. The molecule has 3 atom stereocenters. The summed E-state index contributed by atoms with van der Waals surface area (Å²) in [5.74, 6) is 0.998. The summed E-state index contributed by atoms with van der Waals surface area (Å²) in [4.78, 5) is 29.2. The lowest BCUT2D eigenvalue weighted by Crippen LogP contribution is -2.52. The molecule has 5 rings (SSSR count). The molecule has 1 aromatic carbocycles. The lowest BCUT2D eigenvalue weighted by molar-refractivity contribution is -0.142. The van der Waals surface area contributed by atoms with Crippen LogP contribution in [0.4, 0.5) is 0 Å². The number of aromatic carboxylic acids is 1. The Balaban J connectivity index is 1.11. The summed E-state index contributed by atoms with van der Waals surface area (Å²) in [5.41, 5.74) is 1.07. The van der Waals surface area contributed by atoms with Crippen LogP contribution in [0.3, 0.4) is 0 Å². The first-order valence-corrected chi connectivity index (χ1v) is 12.3. The average Bonchev–Trinajstić information content (AvgIpc) is 3.50. The summed E-state index contributed by atoms with van der Waals surface area (Å²) >= 11 is 1.51. The minimum Gasteiger partial charge on any atom is -0.535 e. The third kappa shape index (κ3) is 4.38. The minimum atomic E-state index is -1.02. The van der Waals surface area contributed by atoms with Gasteiger partial charge in [0.1, 0.15) is 11.3 Å². The zero-order valence-corrected chi connectivity index (χ0v) is 19.1. The predicted molar refractivity (Wildman–Crippen MR) is 120 cm³/mol. The van der Waals surface area contributed by atoms with Gasteiger partial charge in [-0.05, 0) is 49.1 Å². The van der Waals surface area contributed by atoms with Gasteiger partial charge in [0.2, 0.25) is 5.91 Å². The van der Waals surface area contributed by atoms with Crippen LogP contribution in [0.1, 0.15) is 41.1 Å². The van der Waals surface area contributed by atoms with Crippen molar-refractivity contribution in [1.29, 1.82) is 0 Å². The number of carbonyl (C=O) groups is 2.